The Kier molecular flexibility index (Phi) is 7.05. The van der Waals surface area contributed by atoms with Crippen molar-refractivity contribution in [2.75, 3.05) is 25.0 Å². The number of nitrogens with zero attached hydrogens (tertiary/aromatic N) is 3. The third-order valence-electron chi connectivity index (χ3n) is 4.73. The lowest BCUT2D eigenvalue weighted by Gasteiger charge is -2.26. The number of nitrogens with one attached hydrogen (secondary N) is 2. The van der Waals surface area contributed by atoms with E-state index in [-0.39, 0.29) is 28.9 Å². The predicted octanol–water partition coefficient (Wildman–Crippen LogP) is 2.10. The maximum absolute atomic E-state index is 12.6. The van der Waals surface area contributed by atoms with Gasteiger partial charge in [0.05, 0.1) is 17.0 Å². The number of sulfonamides is 1. The number of carbonyl (C=O) groups excluding carboxylic acids is 1. The molecule has 0 bridgehead atoms. The van der Waals surface area contributed by atoms with Crippen molar-refractivity contribution in [1.82, 2.24) is 20.0 Å². The molecular weight excluding hydrogens is 414 g/mol. The molecule has 1 aromatic heterocycles. The summed E-state index contributed by atoms with van der Waals surface area (Å²) >= 11 is 6.14. The van der Waals surface area contributed by atoms with Crippen LogP contribution in [-0.4, -0.2) is 44.4 Å². The second-order valence-corrected chi connectivity index (χ2v) is 9.21. The van der Waals surface area contributed by atoms with Crippen LogP contribution in [0.2, 0.25) is 5.02 Å². The fourth-order valence-corrected chi connectivity index (χ4v) is 4.03. The van der Waals surface area contributed by atoms with E-state index in [1.807, 2.05) is 0 Å². The van der Waals surface area contributed by atoms with Crippen LogP contribution < -0.4 is 14.9 Å². The molecule has 1 amide bonds. The van der Waals surface area contributed by atoms with Crippen molar-refractivity contribution in [3.05, 3.63) is 52.3 Å². The summed E-state index contributed by atoms with van der Waals surface area (Å²) in [4.78, 5) is 23.3. The third-order valence-corrected chi connectivity index (χ3v) is 6.34. The Morgan fingerprint density at radius 3 is 2.45 bits per heavy atom. The second kappa shape index (κ2) is 9.51. The first-order chi connectivity index (χ1) is 13.9. The third kappa shape index (κ3) is 5.88. The molecule has 2 aromatic rings. The molecule has 156 valence electrons. The lowest BCUT2D eigenvalue weighted by atomic mass is 10.1. The lowest BCUT2D eigenvalue weighted by molar-refractivity contribution is 0.0946. The highest BCUT2D eigenvalue weighted by Gasteiger charge is 2.19. The number of hydrogen-bond donors (Lipinski definition) is 2. The molecule has 8 nitrogen and oxygen atoms in total. The van der Waals surface area contributed by atoms with Gasteiger partial charge in [-0.2, -0.15) is 0 Å². The first kappa shape index (κ1) is 21.5. The van der Waals surface area contributed by atoms with E-state index in [0.717, 1.165) is 31.5 Å². The van der Waals surface area contributed by atoms with Crippen LogP contribution in [0.4, 0.5) is 5.95 Å². The molecule has 1 aliphatic heterocycles. The molecule has 1 saturated heterocycles. The van der Waals surface area contributed by atoms with Crippen LogP contribution in [0.1, 0.15) is 40.9 Å². The van der Waals surface area contributed by atoms with Crippen molar-refractivity contribution in [1.29, 1.82) is 0 Å². The highest BCUT2D eigenvalue weighted by atomic mass is 35.5. The monoisotopic (exact) mass is 437 g/mol. The van der Waals surface area contributed by atoms with Gasteiger partial charge >= 0.3 is 0 Å². The summed E-state index contributed by atoms with van der Waals surface area (Å²) in [6.45, 7) is 2.02. The van der Waals surface area contributed by atoms with Crippen molar-refractivity contribution < 1.29 is 13.2 Å². The predicted molar refractivity (Wildman–Crippen MR) is 112 cm³/mol. The molecule has 1 aromatic carbocycles. The second-order valence-electron chi connectivity index (χ2n) is 6.88. The SMILES string of the molecule is CNS(=O)(=O)Cc1ccc(CNC(=O)c2nc(N3CCCCC3)ncc2Cl)cc1. The van der Waals surface area contributed by atoms with E-state index >= 15 is 0 Å². The molecule has 0 unspecified atom stereocenters. The number of aromatic nitrogens is 2. The van der Waals surface area contributed by atoms with Gasteiger partial charge in [0.2, 0.25) is 16.0 Å². The zero-order valence-corrected chi connectivity index (χ0v) is 17.8. The van der Waals surface area contributed by atoms with E-state index in [0.29, 0.717) is 11.5 Å². The zero-order valence-electron chi connectivity index (χ0n) is 16.2. The number of halogens is 1. The number of anilines is 1. The number of benzene rings is 1. The summed E-state index contributed by atoms with van der Waals surface area (Å²) in [5, 5.41) is 3.01. The van der Waals surface area contributed by atoms with Gasteiger partial charge < -0.3 is 10.2 Å². The minimum atomic E-state index is -3.32. The lowest BCUT2D eigenvalue weighted by Crippen LogP contribution is -2.32. The van der Waals surface area contributed by atoms with Gasteiger partial charge in [-0.05, 0) is 37.4 Å². The van der Waals surface area contributed by atoms with Crippen LogP contribution in [0, 0.1) is 0 Å². The van der Waals surface area contributed by atoms with Crippen molar-refractivity contribution in [3.8, 4) is 0 Å². The Bertz CT molecular complexity index is 960. The van der Waals surface area contributed by atoms with Crippen LogP contribution >= 0.6 is 11.6 Å². The summed E-state index contributed by atoms with van der Waals surface area (Å²) in [7, 11) is -1.93. The summed E-state index contributed by atoms with van der Waals surface area (Å²) in [5.41, 5.74) is 1.66. The molecular formula is C19H24ClN5O3S. The van der Waals surface area contributed by atoms with Crippen molar-refractivity contribution in [2.24, 2.45) is 0 Å². The van der Waals surface area contributed by atoms with E-state index in [2.05, 4.69) is 24.9 Å². The van der Waals surface area contributed by atoms with Crippen molar-refractivity contribution in [2.45, 2.75) is 31.6 Å². The average Bonchev–Trinajstić information content (AvgIpc) is 2.74. The Labute approximate surface area is 175 Å². The van der Waals surface area contributed by atoms with Crippen molar-refractivity contribution >= 4 is 33.5 Å². The first-order valence-corrected chi connectivity index (χ1v) is 11.5. The largest absolute Gasteiger partial charge is 0.347 e. The number of piperidine rings is 1. The normalized spacial score (nSPS) is 14.6. The minimum absolute atomic E-state index is 0.0913. The Balaban J connectivity index is 1.63. The summed E-state index contributed by atoms with van der Waals surface area (Å²) in [6.07, 6.45) is 4.82. The molecule has 1 aliphatic rings. The topological polar surface area (TPSA) is 104 Å². The molecule has 3 rings (SSSR count). The molecule has 0 aliphatic carbocycles. The maximum atomic E-state index is 12.6. The van der Waals surface area contributed by atoms with Crippen LogP contribution in [0.5, 0.6) is 0 Å². The fourth-order valence-electron chi connectivity index (χ4n) is 3.07. The Morgan fingerprint density at radius 1 is 1.14 bits per heavy atom. The molecule has 29 heavy (non-hydrogen) atoms. The van der Waals surface area contributed by atoms with Gasteiger partial charge in [-0.25, -0.2) is 23.1 Å². The standard InChI is InChI=1S/C19H24ClN5O3S/c1-21-29(27,28)13-15-7-5-14(6-8-15)11-22-18(26)17-16(20)12-23-19(24-17)25-9-3-2-4-10-25/h5-8,12,21H,2-4,9-11,13H2,1H3,(H,22,26). The Hall–Kier alpha value is -2.23. The molecule has 10 heteroatoms. The maximum Gasteiger partial charge on any atom is 0.271 e. The van der Waals surface area contributed by atoms with Crippen LogP contribution in [0.15, 0.2) is 30.5 Å². The highest BCUT2D eigenvalue weighted by molar-refractivity contribution is 7.88. The van der Waals surface area contributed by atoms with Crippen LogP contribution in [0.25, 0.3) is 0 Å². The van der Waals surface area contributed by atoms with Gasteiger partial charge in [0, 0.05) is 19.6 Å². The fraction of sp³-hybridized carbons (Fsp3) is 0.421. The van der Waals surface area contributed by atoms with E-state index in [9.17, 15) is 13.2 Å². The van der Waals surface area contributed by atoms with E-state index in [1.54, 1.807) is 24.3 Å². The quantitative estimate of drug-likeness (QED) is 0.687. The summed E-state index contributed by atoms with van der Waals surface area (Å²) in [5.74, 6) is 0.0539. The number of hydrogen-bond acceptors (Lipinski definition) is 6. The van der Waals surface area contributed by atoms with Gasteiger partial charge in [-0.1, -0.05) is 35.9 Å². The van der Waals surface area contributed by atoms with Gasteiger partial charge in [0.25, 0.3) is 5.91 Å². The van der Waals surface area contributed by atoms with Gasteiger partial charge in [-0.15, -0.1) is 0 Å². The molecule has 0 saturated carbocycles. The average molecular weight is 438 g/mol. The molecule has 2 N–H and O–H groups in total. The first-order valence-electron chi connectivity index (χ1n) is 9.43. The molecule has 0 atom stereocenters. The van der Waals surface area contributed by atoms with Crippen LogP contribution in [0.3, 0.4) is 0 Å². The minimum Gasteiger partial charge on any atom is -0.347 e. The highest BCUT2D eigenvalue weighted by Crippen LogP contribution is 2.20. The van der Waals surface area contributed by atoms with E-state index < -0.39 is 10.0 Å². The summed E-state index contributed by atoms with van der Waals surface area (Å²) in [6, 6.07) is 7.01. The number of rotatable bonds is 7. The molecule has 2 heterocycles. The zero-order chi connectivity index (χ0) is 20.9. The molecule has 1 fully saturated rings. The number of amides is 1. The molecule has 0 radical (unpaired) electrons. The number of carbonyl (C=O) groups is 1. The Morgan fingerprint density at radius 2 is 1.79 bits per heavy atom. The van der Waals surface area contributed by atoms with Gasteiger partial charge in [-0.3, -0.25) is 4.79 Å². The van der Waals surface area contributed by atoms with Gasteiger partial charge in [0.1, 0.15) is 0 Å². The smallest absolute Gasteiger partial charge is 0.271 e. The van der Waals surface area contributed by atoms with Crippen LogP contribution in [-0.2, 0) is 22.3 Å². The van der Waals surface area contributed by atoms with Gasteiger partial charge in [0.15, 0.2) is 5.69 Å². The summed E-state index contributed by atoms with van der Waals surface area (Å²) < 4.78 is 25.5. The van der Waals surface area contributed by atoms with E-state index in [1.165, 1.54) is 19.7 Å². The van der Waals surface area contributed by atoms with E-state index in [4.69, 9.17) is 11.6 Å². The molecule has 0 spiro atoms. The van der Waals surface area contributed by atoms with Crippen molar-refractivity contribution in [3.63, 3.8) is 0 Å².